The van der Waals surface area contributed by atoms with Gasteiger partial charge in [0.25, 0.3) is 0 Å². The Bertz CT molecular complexity index is 667. The van der Waals surface area contributed by atoms with E-state index in [0.29, 0.717) is 11.1 Å². The second kappa shape index (κ2) is 5.77. The number of benzene rings is 2. The summed E-state index contributed by atoms with van der Waals surface area (Å²) in [5.41, 5.74) is 0.0740. The van der Waals surface area contributed by atoms with Crippen molar-refractivity contribution in [3.05, 3.63) is 68.9 Å². The Labute approximate surface area is 127 Å². The van der Waals surface area contributed by atoms with Crippen LogP contribution in [-0.4, -0.2) is 5.11 Å². The van der Waals surface area contributed by atoms with Crippen LogP contribution < -0.4 is 0 Å². The van der Waals surface area contributed by atoms with Gasteiger partial charge in [0.2, 0.25) is 0 Å². The summed E-state index contributed by atoms with van der Waals surface area (Å²) >= 11 is 2.84. The standard InChI is InChI=1S/C15H11BrF4O/c1-8-6-10(17)3-4-11(8)14(21)9-2-5-13(16)12(7-9)15(18,19)20/h2-7,14,21H,1H3. The van der Waals surface area contributed by atoms with Crippen molar-refractivity contribution in [2.45, 2.75) is 19.2 Å². The SMILES string of the molecule is Cc1cc(F)ccc1C(O)c1ccc(Br)c(C(F)(F)F)c1. The Kier molecular flexibility index (Phi) is 4.39. The molecule has 2 rings (SSSR count). The number of aryl methyl sites for hydroxylation is 1. The third-order valence-corrected chi connectivity index (χ3v) is 3.83. The quantitative estimate of drug-likeness (QED) is 0.745. The highest BCUT2D eigenvalue weighted by molar-refractivity contribution is 9.10. The van der Waals surface area contributed by atoms with Crippen LogP contribution in [0, 0.1) is 12.7 Å². The summed E-state index contributed by atoms with van der Waals surface area (Å²) in [6.07, 6.45) is -5.77. The second-order valence-corrected chi connectivity index (χ2v) is 5.49. The van der Waals surface area contributed by atoms with Gasteiger partial charge >= 0.3 is 6.18 Å². The molecular weight excluding hydrogens is 352 g/mol. The fourth-order valence-corrected chi connectivity index (χ4v) is 2.53. The minimum atomic E-state index is -4.52. The Hall–Kier alpha value is -1.40. The lowest BCUT2D eigenvalue weighted by atomic mass is 9.96. The van der Waals surface area contributed by atoms with Crippen molar-refractivity contribution in [2.24, 2.45) is 0 Å². The van der Waals surface area contributed by atoms with Gasteiger partial charge in [-0.05, 0) is 47.9 Å². The highest BCUT2D eigenvalue weighted by atomic mass is 79.9. The first-order chi connectivity index (χ1) is 9.70. The predicted molar refractivity (Wildman–Crippen MR) is 74.3 cm³/mol. The molecule has 1 unspecified atom stereocenters. The zero-order valence-electron chi connectivity index (χ0n) is 10.9. The lowest BCUT2D eigenvalue weighted by Gasteiger charge is -2.17. The van der Waals surface area contributed by atoms with Crippen molar-refractivity contribution in [3.63, 3.8) is 0 Å². The lowest BCUT2D eigenvalue weighted by Crippen LogP contribution is -2.09. The van der Waals surface area contributed by atoms with Gasteiger partial charge in [-0.25, -0.2) is 4.39 Å². The van der Waals surface area contributed by atoms with Crippen LogP contribution in [-0.2, 0) is 6.18 Å². The smallest absolute Gasteiger partial charge is 0.384 e. The van der Waals surface area contributed by atoms with Crippen molar-refractivity contribution in [2.75, 3.05) is 0 Å². The van der Waals surface area contributed by atoms with Gasteiger partial charge in [-0.1, -0.05) is 28.1 Å². The van der Waals surface area contributed by atoms with Gasteiger partial charge in [0.15, 0.2) is 0 Å². The van der Waals surface area contributed by atoms with Crippen molar-refractivity contribution in [1.82, 2.24) is 0 Å². The van der Waals surface area contributed by atoms with Crippen molar-refractivity contribution in [3.8, 4) is 0 Å². The lowest BCUT2D eigenvalue weighted by molar-refractivity contribution is -0.138. The fourth-order valence-electron chi connectivity index (χ4n) is 2.06. The van der Waals surface area contributed by atoms with Crippen LogP contribution in [0.5, 0.6) is 0 Å². The molecule has 1 atom stereocenters. The Morgan fingerprint density at radius 3 is 2.33 bits per heavy atom. The molecule has 0 amide bonds. The van der Waals surface area contributed by atoms with E-state index in [-0.39, 0.29) is 10.0 Å². The van der Waals surface area contributed by atoms with Gasteiger partial charge in [-0.15, -0.1) is 0 Å². The summed E-state index contributed by atoms with van der Waals surface area (Å²) in [4.78, 5) is 0. The van der Waals surface area contributed by atoms with Gasteiger partial charge in [-0.2, -0.15) is 13.2 Å². The van der Waals surface area contributed by atoms with E-state index < -0.39 is 23.7 Å². The van der Waals surface area contributed by atoms with Gasteiger partial charge < -0.3 is 5.11 Å². The number of hydrogen-bond donors (Lipinski definition) is 1. The Morgan fingerprint density at radius 2 is 1.76 bits per heavy atom. The molecule has 0 aromatic heterocycles. The summed E-state index contributed by atoms with van der Waals surface area (Å²) in [7, 11) is 0. The number of aliphatic hydroxyl groups excluding tert-OH is 1. The van der Waals surface area contributed by atoms with Gasteiger partial charge in [0.05, 0.1) is 5.56 Å². The maximum atomic E-state index is 13.1. The second-order valence-electron chi connectivity index (χ2n) is 4.64. The monoisotopic (exact) mass is 362 g/mol. The molecule has 0 aliphatic carbocycles. The molecule has 2 aromatic carbocycles. The molecule has 1 N–H and O–H groups in total. The molecule has 0 fully saturated rings. The molecule has 0 spiro atoms. The van der Waals surface area contributed by atoms with Gasteiger partial charge in [0, 0.05) is 4.47 Å². The van der Waals surface area contributed by atoms with E-state index in [1.165, 1.54) is 24.3 Å². The van der Waals surface area contributed by atoms with E-state index in [4.69, 9.17) is 0 Å². The van der Waals surface area contributed by atoms with Gasteiger partial charge in [-0.3, -0.25) is 0 Å². The maximum absolute atomic E-state index is 13.1. The van der Waals surface area contributed by atoms with Crippen LogP contribution in [0.3, 0.4) is 0 Å². The first-order valence-corrected chi connectivity index (χ1v) is 6.80. The molecule has 6 heteroatoms. The van der Waals surface area contributed by atoms with Gasteiger partial charge in [0.1, 0.15) is 11.9 Å². The number of alkyl halides is 3. The molecule has 112 valence electrons. The van der Waals surface area contributed by atoms with E-state index >= 15 is 0 Å². The molecule has 21 heavy (non-hydrogen) atoms. The number of aliphatic hydroxyl groups is 1. The van der Waals surface area contributed by atoms with Crippen molar-refractivity contribution >= 4 is 15.9 Å². The summed E-state index contributed by atoms with van der Waals surface area (Å²) in [6.45, 7) is 1.59. The summed E-state index contributed by atoms with van der Waals surface area (Å²) < 4.78 is 51.6. The highest BCUT2D eigenvalue weighted by Gasteiger charge is 2.33. The first kappa shape index (κ1) is 16.0. The molecule has 0 saturated carbocycles. The molecule has 0 saturated heterocycles. The molecular formula is C15H11BrF4O. The molecule has 0 aliphatic rings. The minimum Gasteiger partial charge on any atom is -0.384 e. The Morgan fingerprint density at radius 1 is 1.10 bits per heavy atom. The normalized spacial score (nSPS) is 13.3. The number of halogens is 5. The van der Waals surface area contributed by atoms with Crippen molar-refractivity contribution < 1.29 is 22.7 Å². The summed E-state index contributed by atoms with van der Waals surface area (Å²) in [5, 5.41) is 10.2. The fraction of sp³-hybridized carbons (Fsp3) is 0.200. The zero-order chi connectivity index (χ0) is 15.8. The maximum Gasteiger partial charge on any atom is 0.417 e. The van der Waals surface area contributed by atoms with Crippen LogP contribution >= 0.6 is 15.9 Å². The molecule has 0 aliphatic heterocycles. The van der Waals surface area contributed by atoms with E-state index in [1.54, 1.807) is 6.92 Å². The topological polar surface area (TPSA) is 20.2 Å². The first-order valence-electron chi connectivity index (χ1n) is 6.01. The van der Waals surface area contributed by atoms with E-state index in [0.717, 1.165) is 12.1 Å². The third-order valence-electron chi connectivity index (χ3n) is 3.14. The average molecular weight is 363 g/mol. The van der Waals surface area contributed by atoms with E-state index in [9.17, 15) is 22.7 Å². The molecule has 0 bridgehead atoms. The summed E-state index contributed by atoms with van der Waals surface area (Å²) in [5.74, 6) is -0.463. The zero-order valence-corrected chi connectivity index (χ0v) is 12.5. The molecule has 0 heterocycles. The molecule has 1 nitrogen and oxygen atoms in total. The highest BCUT2D eigenvalue weighted by Crippen LogP contribution is 2.37. The Balaban J connectivity index is 2.46. The van der Waals surface area contributed by atoms with Crippen LogP contribution in [0.25, 0.3) is 0 Å². The molecule has 0 radical (unpaired) electrons. The van der Waals surface area contributed by atoms with E-state index in [2.05, 4.69) is 15.9 Å². The van der Waals surface area contributed by atoms with Crippen molar-refractivity contribution in [1.29, 1.82) is 0 Å². The average Bonchev–Trinajstić information content (AvgIpc) is 2.37. The van der Waals surface area contributed by atoms with Crippen LogP contribution in [0.2, 0.25) is 0 Å². The van der Waals surface area contributed by atoms with E-state index in [1.807, 2.05) is 0 Å². The van der Waals surface area contributed by atoms with Crippen LogP contribution in [0.4, 0.5) is 17.6 Å². The summed E-state index contributed by atoms with van der Waals surface area (Å²) in [6, 6.07) is 7.27. The predicted octanol–water partition coefficient (Wildman–Crippen LogP) is 5.00. The molecule has 2 aromatic rings. The van der Waals surface area contributed by atoms with Crippen LogP contribution in [0.15, 0.2) is 40.9 Å². The number of hydrogen-bond acceptors (Lipinski definition) is 1. The minimum absolute atomic E-state index is 0.0956. The largest absolute Gasteiger partial charge is 0.417 e. The third kappa shape index (κ3) is 3.44. The van der Waals surface area contributed by atoms with Crippen LogP contribution in [0.1, 0.15) is 28.4 Å². The number of rotatable bonds is 2.